The summed E-state index contributed by atoms with van der Waals surface area (Å²) >= 11 is 0. The van der Waals surface area contributed by atoms with Crippen molar-refractivity contribution in [3.05, 3.63) is 78.0 Å². The average molecular weight is 535 g/mol. The number of piperidine rings is 1. The summed E-state index contributed by atoms with van der Waals surface area (Å²) in [5.41, 5.74) is 5.05. The molecule has 0 radical (unpaired) electrons. The zero-order valence-electron chi connectivity index (χ0n) is 21.3. The summed E-state index contributed by atoms with van der Waals surface area (Å²) in [6.45, 7) is 1.55. The van der Waals surface area contributed by atoms with Crippen LogP contribution in [0.25, 0.3) is 16.8 Å². The molecular formula is C29H29F3N6O. The molecule has 2 aromatic carbocycles. The zero-order valence-corrected chi connectivity index (χ0v) is 21.3. The van der Waals surface area contributed by atoms with Gasteiger partial charge < -0.3 is 10.6 Å². The number of nitrogens with one attached hydrogen (secondary N) is 2. The van der Waals surface area contributed by atoms with Crippen molar-refractivity contribution in [2.24, 2.45) is 5.92 Å². The molecule has 3 heterocycles. The van der Waals surface area contributed by atoms with Gasteiger partial charge in [0.05, 0.1) is 5.92 Å². The van der Waals surface area contributed by atoms with Crippen LogP contribution in [0, 0.1) is 5.92 Å². The Morgan fingerprint density at radius 2 is 1.67 bits per heavy atom. The first kappa shape index (κ1) is 25.4. The lowest BCUT2D eigenvalue weighted by Crippen LogP contribution is -2.38. The van der Waals surface area contributed by atoms with E-state index in [1.165, 1.54) is 0 Å². The number of likely N-dealkylation sites (tertiary alicyclic amines) is 1. The first-order valence-corrected chi connectivity index (χ1v) is 13.2. The van der Waals surface area contributed by atoms with Crippen LogP contribution >= 0.6 is 0 Å². The van der Waals surface area contributed by atoms with Crippen LogP contribution in [0.5, 0.6) is 0 Å². The molecule has 1 saturated carbocycles. The topological polar surface area (TPSA) is 74.6 Å². The number of alkyl halides is 3. The number of benzene rings is 2. The van der Waals surface area contributed by atoms with Crippen molar-refractivity contribution in [2.75, 3.05) is 18.4 Å². The molecule has 1 saturated heterocycles. The predicted octanol–water partition coefficient (Wildman–Crippen LogP) is 5.81. The lowest BCUT2D eigenvalue weighted by Gasteiger charge is -2.32. The van der Waals surface area contributed by atoms with Crippen LogP contribution in [-0.2, 0) is 6.54 Å². The van der Waals surface area contributed by atoms with E-state index in [0.29, 0.717) is 42.8 Å². The van der Waals surface area contributed by atoms with E-state index >= 15 is 0 Å². The number of hydrogen-bond donors (Lipinski definition) is 2. The molecule has 202 valence electrons. The van der Waals surface area contributed by atoms with Crippen molar-refractivity contribution < 1.29 is 18.0 Å². The summed E-state index contributed by atoms with van der Waals surface area (Å²) in [6, 6.07) is 19.5. The van der Waals surface area contributed by atoms with Crippen molar-refractivity contribution in [1.82, 2.24) is 24.8 Å². The molecule has 2 aliphatic rings. The van der Waals surface area contributed by atoms with E-state index in [9.17, 15) is 18.0 Å². The Balaban J connectivity index is 1.12. The molecule has 0 bridgehead atoms. The Labute approximate surface area is 224 Å². The maximum atomic E-state index is 13.0. The van der Waals surface area contributed by atoms with E-state index in [-0.39, 0.29) is 18.7 Å². The molecule has 2 aromatic heterocycles. The fourth-order valence-electron chi connectivity index (χ4n) is 4.98. The highest BCUT2D eigenvalue weighted by Crippen LogP contribution is 2.34. The Hall–Kier alpha value is -3.92. The van der Waals surface area contributed by atoms with Crippen LogP contribution in [-0.4, -0.2) is 50.7 Å². The van der Waals surface area contributed by atoms with Crippen LogP contribution < -0.4 is 10.6 Å². The van der Waals surface area contributed by atoms with E-state index in [1.807, 2.05) is 54.7 Å². The van der Waals surface area contributed by atoms with Gasteiger partial charge in [-0.05, 0) is 86.3 Å². The molecular weight excluding hydrogens is 505 g/mol. The second kappa shape index (κ2) is 10.3. The van der Waals surface area contributed by atoms with Crippen molar-refractivity contribution >= 4 is 23.2 Å². The minimum absolute atomic E-state index is 0.0587. The Kier molecular flexibility index (Phi) is 6.72. The number of carbonyl (C=O) groups is 1. The van der Waals surface area contributed by atoms with Gasteiger partial charge in [0, 0.05) is 35.6 Å². The van der Waals surface area contributed by atoms with Crippen LogP contribution in [0.4, 0.5) is 24.8 Å². The van der Waals surface area contributed by atoms with E-state index < -0.39 is 12.1 Å². The molecule has 39 heavy (non-hydrogen) atoms. The molecule has 0 unspecified atom stereocenters. The second-order valence-corrected chi connectivity index (χ2v) is 10.4. The molecule has 2 N–H and O–H groups in total. The van der Waals surface area contributed by atoms with Gasteiger partial charge in [0.1, 0.15) is 0 Å². The third-order valence-corrected chi connectivity index (χ3v) is 7.40. The lowest BCUT2D eigenvalue weighted by molar-refractivity contribution is -0.185. The monoisotopic (exact) mass is 534 g/mol. The number of carbonyl (C=O) groups excluding carboxylic acids is 1. The quantitative estimate of drug-likeness (QED) is 0.313. The van der Waals surface area contributed by atoms with Gasteiger partial charge >= 0.3 is 6.18 Å². The molecule has 0 spiro atoms. The molecule has 10 heteroatoms. The number of rotatable bonds is 7. The van der Waals surface area contributed by atoms with E-state index in [1.54, 1.807) is 16.6 Å². The van der Waals surface area contributed by atoms with Crippen molar-refractivity contribution in [1.29, 1.82) is 0 Å². The fraction of sp³-hybridized carbons (Fsp3) is 0.345. The molecule has 1 aliphatic heterocycles. The molecule has 2 fully saturated rings. The second-order valence-electron chi connectivity index (χ2n) is 10.4. The van der Waals surface area contributed by atoms with Gasteiger partial charge in [-0.2, -0.15) is 18.2 Å². The normalized spacial score (nSPS) is 16.9. The van der Waals surface area contributed by atoms with Crippen LogP contribution in [0.3, 0.4) is 0 Å². The minimum atomic E-state index is -4.09. The number of nitrogens with zero attached hydrogens (tertiary/aromatic N) is 4. The van der Waals surface area contributed by atoms with Crippen molar-refractivity contribution in [3.63, 3.8) is 0 Å². The van der Waals surface area contributed by atoms with Gasteiger partial charge in [-0.1, -0.05) is 24.3 Å². The SMILES string of the molecule is O=C(NC1CC1)c1ccc(Nc2nc3c(-c4ccc(CN5CCC(C(F)(F)F)CC5)cc4)cccn3n2)cc1. The molecule has 6 rings (SSSR count). The highest BCUT2D eigenvalue weighted by molar-refractivity contribution is 5.95. The van der Waals surface area contributed by atoms with Gasteiger partial charge in [-0.25, -0.2) is 4.52 Å². The van der Waals surface area contributed by atoms with E-state index in [0.717, 1.165) is 35.2 Å². The van der Waals surface area contributed by atoms with Gasteiger partial charge in [-0.15, -0.1) is 5.10 Å². The predicted molar refractivity (Wildman–Crippen MR) is 143 cm³/mol. The van der Waals surface area contributed by atoms with Gasteiger partial charge in [0.15, 0.2) is 5.65 Å². The van der Waals surface area contributed by atoms with Crippen LogP contribution in [0.2, 0.25) is 0 Å². The standard InChI is InChI=1S/C29H29F3N6O/c30-29(31,32)22-13-16-37(17-14-22)18-19-3-5-20(6-4-19)25-2-1-15-38-26(25)35-28(36-38)34-24-9-7-21(8-10-24)27(39)33-23-11-12-23/h1-10,15,22-23H,11-14,16-18H2,(H,33,39)(H,34,36). The summed E-state index contributed by atoms with van der Waals surface area (Å²) in [6.07, 6.45) is 0.152. The Bertz CT molecular complexity index is 1450. The number of halogens is 3. The first-order chi connectivity index (χ1) is 18.8. The maximum Gasteiger partial charge on any atom is 0.391 e. The summed E-state index contributed by atoms with van der Waals surface area (Å²) in [7, 11) is 0. The largest absolute Gasteiger partial charge is 0.391 e. The third kappa shape index (κ3) is 5.90. The van der Waals surface area contributed by atoms with Gasteiger partial charge in [0.25, 0.3) is 5.91 Å². The van der Waals surface area contributed by atoms with E-state index in [4.69, 9.17) is 4.98 Å². The molecule has 0 atom stereocenters. The maximum absolute atomic E-state index is 13.0. The van der Waals surface area contributed by atoms with Crippen LogP contribution in [0.15, 0.2) is 66.9 Å². The van der Waals surface area contributed by atoms with Crippen LogP contribution in [0.1, 0.15) is 41.6 Å². The molecule has 1 amide bonds. The number of fused-ring (bicyclic) bond motifs is 1. The number of amides is 1. The number of pyridine rings is 1. The third-order valence-electron chi connectivity index (χ3n) is 7.40. The number of aromatic nitrogens is 3. The highest BCUT2D eigenvalue weighted by atomic mass is 19.4. The Morgan fingerprint density at radius 3 is 2.33 bits per heavy atom. The summed E-state index contributed by atoms with van der Waals surface area (Å²) in [4.78, 5) is 19.0. The van der Waals surface area contributed by atoms with Crippen molar-refractivity contribution in [3.8, 4) is 11.1 Å². The van der Waals surface area contributed by atoms with E-state index in [2.05, 4.69) is 20.6 Å². The smallest absolute Gasteiger partial charge is 0.349 e. The number of hydrogen-bond acceptors (Lipinski definition) is 5. The highest BCUT2D eigenvalue weighted by Gasteiger charge is 2.40. The molecule has 1 aliphatic carbocycles. The molecule has 7 nitrogen and oxygen atoms in total. The average Bonchev–Trinajstić information content (AvgIpc) is 3.64. The van der Waals surface area contributed by atoms with Gasteiger partial charge in [0.2, 0.25) is 5.95 Å². The Morgan fingerprint density at radius 1 is 0.949 bits per heavy atom. The zero-order chi connectivity index (χ0) is 27.0. The first-order valence-electron chi connectivity index (χ1n) is 13.2. The summed E-state index contributed by atoms with van der Waals surface area (Å²) in [5, 5.41) is 10.7. The summed E-state index contributed by atoms with van der Waals surface area (Å²) < 4.78 is 40.6. The van der Waals surface area contributed by atoms with Crippen molar-refractivity contribution in [2.45, 2.75) is 44.4 Å². The summed E-state index contributed by atoms with van der Waals surface area (Å²) in [5.74, 6) is -0.801. The van der Waals surface area contributed by atoms with Gasteiger partial charge in [-0.3, -0.25) is 9.69 Å². The fourth-order valence-corrected chi connectivity index (χ4v) is 4.98. The number of anilines is 2. The molecule has 4 aromatic rings. The lowest BCUT2D eigenvalue weighted by atomic mass is 9.96. The minimum Gasteiger partial charge on any atom is -0.349 e.